The number of rotatable bonds is 8. The molecule has 0 aromatic carbocycles. The topological polar surface area (TPSA) is 313 Å². The van der Waals surface area contributed by atoms with E-state index in [-0.39, 0.29) is 12.8 Å². The van der Waals surface area contributed by atoms with E-state index in [0.717, 1.165) is 0 Å². The molecule has 3 heterocycles. The van der Waals surface area contributed by atoms with Gasteiger partial charge in [0.05, 0.1) is 43.0 Å². The fourth-order valence-corrected chi connectivity index (χ4v) is 5.90. The summed E-state index contributed by atoms with van der Waals surface area (Å²) < 4.78 is 29.5. The van der Waals surface area contributed by atoms with Crippen molar-refractivity contribution in [1.82, 2.24) is 10.6 Å². The van der Waals surface area contributed by atoms with Crippen molar-refractivity contribution < 1.29 is 59.1 Å². The average molecular weight is 611 g/mol. The number of hydrogen-bond acceptors (Lipinski definition) is 17. The average Bonchev–Trinajstić information content (AvgIpc) is 2.94. The number of fused-ring (bicyclic) bond motifs is 1. The summed E-state index contributed by atoms with van der Waals surface area (Å²) in [6, 6.07) is -5.26. The molecule has 4 fully saturated rings. The number of carbonyl (C=O) groups excluding carboxylic acids is 1. The van der Waals surface area contributed by atoms with Crippen LogP contribution in [0.15, 0.2) is 0 Å². The molecule has 4 aliphatic rings. The molecule has 1 aliphatic carbocycles. The molecule has 0 radical (unpaired) electrons. The molecule has 0 aromatic rings. The van der Waals surface area contributed by atoms with Crippen molar-refractivity contribution in [2.45, 2.75) is 130 Å². The van der Waals surface area contributed by atoms with Crippen molar-refractivity contribution >= 4 is 5.91 Å². The summed E-state index contributed by atoms with van der Waals surface area (Å²) >= 11 is 0. The second-order valence-electron chi connectivity index (χ2n) is 11.5. The normalized spacial score (nSPS) is 50.5. The Morgan fingerprint density at radius 3 is 2.14 bits per heavy atom. The zero-order valence-electron chi connectivity index (χ0n) is 23.5. The third kappa shape index (κ3) is 6.74. The van der Waals surface area contributed by atoms with Gasteiger partial charge in [-0.25, -0.2) is 0 Å². The van der Waals surface area contributed by atoms with E-state index in [4.69, 9.17) is 46.6 Å². The van der Waals surface area contributed by atoms with Gasteiger partial charge < -0.3 is 87.9 Å². The number of aliphatic hydroxyl groups is 6. The molecule has 11 unspecified atom stereocenters. The SMILES string of the molecule is CNC1C(O[C@H]2OC(CO)[C@@H](NC(=O)[C@@H](C)N)C(O)C2O)O[C@H]2CC(N)[C@@H](O[C@@H]3C(N)C[C@@H](N)C(O)C3O)OC2C1O. The highest BCUT2D eigenvalue weighted by Gasteiger charge is 2.54. The summed E-state index contributed by atoms with van der Waals surface area (Å²) in [6.45, 7) is 0.802. The molecule has 1 amide bonds. The highest BCUT2D eigenvalue weighted by atomic mass is 16.8. The first-order valence-corrected chi connectivity index (χ1v) is 14.1. The Morgan fingerprint density at radius 2 is 1.52 bits per heavy atom. The van der Waals surface area contributed by atoms with E-state index in [9.17, 15) is 35.4 Å². The highest BCUT2D eigenvalue weighted by Crippen LogP contribution is 2.35. The molecule has 0 aromatic heterocycles. The van der Waals surface area contributed by atoms with Crippen LogP contribution in [-0.2, 0) is 28.5 Å². The van der Waals surface area contributed by atoms with Crippen LogP contribution in [0.1, 0.15) is 19.8 Å². The van der Waals surface area contributed by atoms with Crippen LogP contribution in [0, 0.1) is 0 Å². The Labute approximate surface area is 242 Å². The lowest BCUT2D eigenvalue weighted by Gasteiger charge is -2.51. The largest absolute Gasteiger partial charge is 0.394 e. The van der Waals surface area contributed by atoms with Crippen molar-refractivity contribution in [1.29, 1.82) is 0 Å². The maximum Gasteiger partial charge on any atom is 0.237 e. The summed E-state index contributed by atoms with van der Waals surface area (Å²) in [5, 5.41) is 68.5. The lowest BCUT2D eigenvalue weighted by molar-refractivity contribution is -0.373. The van der Waals surface area contributed by atoms with Gasteiger partial charge in [-0.15, -0.1) is 0 Å². The lowest BCUT2D eigenvalue weighted by atomic mass is 9.84. The quantitative estimate of drug-likeness (QED) is 0.121. The van der Waals surface area contributed by atoms with E-state index in [1.165, 1.54) is 14.0 Å². The number of carbonyl (C=O) groups is 1. The maximum absolute atomic E-state index is 12.1. The number of ether oxygens (including phenoxy) is 5. The van der Waals surface area contributed by atoms with Gasteiger partial charge in [-0.1, -0.05) is 0 Å². The van der Waals surface area contributed by atoms with Gasteiger partial charge in [0.2, 0.25) is 5.91 Å². The van der Waals surface area contributed by atoms with Gasteiger partial charge >= 0.3 is 0 Å². The van der Waals surface area contributed by atoms with Gasteiger partial charge in [-0.05, 0) is 26.8 Å². The molecule has 3 aliphatic heterocycles. The number of aliphatic hydroxyl groups excluding tert-OH is 6. The van der Waals surface area contributed by atoms with E-state index in [2.05, 4.69) is 10.6 Å². The van der Waals surface area contributed by atoms with E-state index < -0.39 is 123 Å². The van der Waals surface area contributed by atoms with E-state index in [1.807, 2.05) is 0 Å². The summed E-state index contributed by atoms with van der Waals surface area (Å²) in [5.41, 5.74) is 23.8. The minimum absolute atomic E-state index is 0.115. The Hall–Kier alpha value is -1.17. The Balaban J connectivity index is 1.42. The van der Waals surface area contributed by atoms with Crippen LogP contribution < -0.4 is 33.6 Å². The third-order valence-corrected chi connectivity index (χ3v) is 8.41. The van der Waals surface area contributed by atoms with Crippen LogP contribution in [0.25, 0.3) is 0 Å². The smallest absolute Gasteiger partial charge is 0.237 e. The summed E-state index contributed by atoms with van der Waals surface area (Å²) in [5.74, 6) is -0.622. The predicted octanol–water partition coefficient (Wildman–Crippen LogP) is -7.44. The number of nitrogens with two attached hydrogens (primary N) is 4. The van der Waals surface area contributed by atoms with Gasteiger partial charge in [0.25, 0.3) is 0 Å². The van der Waals surface area contributed by atoms with E-state index >= 15 is 0 Å². The van der Waals surface area contributed by atoms with Gasteiger partial charge in [0.1, 0.15) is 42.7 Å². The zero-order chi connectivity index (χ0) is 31.0. The number of nitrogens with one attached hydrogen (secondary N) is 2. The van der Waals surface area contributed by atoms with Gasteiger partial charge in [-0.3, -0.25) is 4.79 Å². The van der Waals surface area contributed by atoms with Crippen molar-refractivity contribution in [3.8, 4) is 0 Å². The molecule has 4 rings (SSSR count). The number of likely N-dealkylation sites (N-methyl/N-ethyl adjacent to an activating group) is 1. The molecule has 18 atom stereocenters. The molecular formula is C24H46N6O12. The lowest BCUT2D eigenvalue weighted by Crippen LogP contribution is -2.70. The second kappa shape index (κ2) is 13.9. The van der Waals surface area contributed by atoms with Gasteiger partial charge in [-0.2, -0.15) is 0 Å². The fourth-order valence-electron chi connectivity index (χ4n) is 5.90. The molecule has 1 saturated carbocycles. The van der Waals surface area contributed by atoms with Crippen LogP contribution in [0.3, 0.4) is 0 Å². The highest BCUT2D eigenvalue weighted by molar-refractivity contribution is 5.81. The first-order valence-electron chi connectivity index (χ1n) is 14.1. The Bertz CT molecular complexity index is 906. The molecular weight excluding hydrogens is 564 g/mol. The molecule has 16 N–H and O–H groups in total. The van der Waals surface area contributed by atoms with E-state index in [0.29, 0.717) is 0 Å². The first-order chi connectivity index (χ1) is 19.8. The van der Waals surface area contributed by atoms with Crippen molar-refractivity contribution in [2.75, 3.05) is 13.7 Å². The number of hydrogen-bond donors (Lipinski definition) is 12. The second-order valence-corrected chi connectivity index (χ2v) is 11.5. The minimum atomic E-state index is -1.68. The molecule has 42 heavy (non-hydrogen) atoms. The summed E-state index contributed by atoms with van der Waals surface area (Å²) in [7, 11) is 1.53. The third-order valence-electron chi connectivity index (χ3n) is 8.41. The van der Waals surface area contributed by atoms with Crippen molar-refractivity contribution in [3.05, 3.63) is 0 Å². The van der Waals surface area contributed by atoms with Gasteiger partial charge in [0, 0.05) is 12.1 Å². The summed E-state index contributed by atoms with van der Waals surface area (Å²) in [4.78, 5) is 12.1. The standard InChI is InChI=1S/C24H46N6O12/c1-6(25)21(37)30-12-11(5-31)39-24(18(36)15(12)33)42-23-13(29-2)16(34)20-10(38-23)4-9(28)22(41-20)40-19-8(27)3-7(26)14(32)17(19)35/h6-20,22-24,29,31-36H,3-5,25-28H2,1-2H3,(H,30,37)/t6-,7-,8?,9?,10+,11?,12-,13?,14?,15?,16?,17?,18?,19-,20?,22+,23?,24-/m1/s1. The monoisotopic (exact) mass is 610 g/mol. The van der Waals surface area contributed by atoms with Crippen LogP contribution in [0.4, 0.5) is 0 Å². The molecule has 244 valence electrons. The van der Waals surface area contributed by atoms with Crippen LogP contribution in [0.5, 0.6) is 0 Å². The Morgan fingerprint density at radius 1 is 0.833 bits per heavy atom. The fraction of sp³-hybridized carbons (Fsp3) is 0.958. The predicted molar refractivity (Wildman–Crippen MR) is 141 cm³/mol. The molecule has 3 saturated heterocycles. The molecule has 18 heteroatoms. The van der Waals surface area contributed by atoms with E-state index in [1.54, 1.807) is 0 Å². The number of amides is 1. The summed E-state index contributed by atoms with van der Waals surface area (Å²) in [6.07, 6.45) is -14.7. The molecule has 0 spiro atoms. The van der Waals surface area contributed by atoms with Crippen LogP contribution >= 0.6 is 0 Å². The van der Waals surface area contributed by atoms with Gasteiger partial charge in [0.15, 0.2) is 18.9 Å². The Kier molecular flexibility index (Phi) is 11.1. The van der Waals surface area contributed by atoms with Crippen LogP contribution in [-0.4, -0.2) is 160 Å². The van der Waals surface area contributed by atoms with Crippen molar-refractivity contribution in [2.24, 2.45) is 22.9 Å². The first kappa shape index (κ1) is 33.7. The zero-order valence-corrected chi connectivity index (χ0v) is 23.5. The maximum atomic E-state index is 12.1. The van der Waals surface area contributed by atoms with Crippen LogP contribution in [0.2, 0.25) is 0 Å². The van der Waals surface area contributed by atoms with Crippen molar-refractivity contribution in [3.63, 3.8) is 0 Å². The molecule has 18 nitrogen and oxygen atoms in total. The minimum Gasteiger partial charge on any atom is -0.394 e. The molecule has 0 bridgehead atoms.